The number of fused-ring (bicyclic) bond motifs is 1. The van der Waals surface area contributed by atoms with Gasteiger partial charge in [0.2, 0.25) is 5.91 Å². The van der Waals surface area contributed by atoms with Gasteiger partial charge in [-0.2, -0.15) is 0 Å². The number of carbonyl (C=O) groups is 1. The van der Waals surface area contributed by atoms with Crippen molar-refractivity contribution >= 4 is 23.4 Å². The molecule has 1 aromatic rings. The van der Waals surface area contributed by atoms with Gasteiger partial charge in [0.05, 0.1) is 5.69 Å². The Balaban J connectivity index is 2.37. The van der Waals surface area contributed by atoms with Crippen LogP contribution in [0.4, 0.5) is 5.69 Å². The maximum atomic E-state index is 11.4. The first-order valence-electron chi connectivity index (χ1n) is 5.23. The molecule has 0 aromatic heterocycles. The molecule has 0 bridgehead atoms. The highest BCUT2D eigenvalue weighted by Gasteiger charge is 2.13. The van der Waals surface area contributed by atoms with E-state index >= 15 is 0 Å². The summed E-state index contributed by atoms with van der Waals surface area (Å²) in [5.74, 6) is 1.50. The van der Waals surface area contributed by atoms with Gasteiger partial charge in [0, 0.05) is 17.1 Å². The Morgan fingerprint density at radius 3 is 2.93 bits per heavy atom. The molecule has 0 atom stereocenters. The topological polar surface area (TPSA) is 29.1 Å². The average molecular weight is 221 g/mol. The molecule has 80 valence electrons. The monoisotopic (exact) mass is 221 g/mol. The molecule has 0 saturated heterocycles. The SMILES string of the molecule is CC(C)c1ccc2c(c1)NC(=O)CCS2. The minimum Gasteiger partial charge on any atom is -0.325 e. The summed E-state index contributed by atoms with van der Waals surface area (Å²) in [4.78, 5) is 12.6. The summed E-state index contributed by atoms with van der Waals surface area (Å²) in [7, 11) is 0. The van der Waals surface area contributed by atoms with Gasteiger partial charge < -0.3 is 5.32 Å². The molecule has 0 radical (unpaired) electrons. The van der Waals surface area contributed by atoms with Gasteiger partial charge in [0.15, 0.2) is 0 Å². The minimum absolute atomic E-state index is 0.127. The highest BCUT2D eigenvalue weighted by molar-refractivity contribution is 7.99. The Bertz CT molecular complexity index is 387. The van der Waals surface area contributed by atoms with E-state index in [4.69, 9.17) is 0 Å². The van der Waals surface area contributed by atoms with Crippen molar-refractivity contribution in [1.29, 1.82) is 0 Å². The van der Waals surface area contributed by atoms with Crippen molar-refractivity contribution < 1.29 is 4.79 Å². The van der Waals surface area contributed by atoms with E-state index in [0.29, 0.717) is 12.3 Å². The number of benzene rings is 1. The molecule has 2 rings (SSSR count). The zero-order chi connectivity index (χ0) is 10.8. The molecule has 1 N–H and O–H groups in total. The predicted octanol–water partition coefficient (Wildman–Crippen LogP) is 3.24. The Morgan fingerprint density at radius 1 is 1.40 bits per heavy atom. The van der Waals surface area contributed by atoms with E-state index in [1.807, 2.05) is 0 Å². The molecule has 1 heterocycles. The molecule has 15 heavy (non-hydrogen) atoms. The molecular weight excluding hydrogens is 206 g/mol. The third kappa shape index (κ3) is 2.34. The van der Waals surface area contributed by atoms with Crippen LogP contribution in [0.3, 0.4) is 0 Å². The maximum absolute atomic E-state index is 11.4. The molecule has 3 heteroatoms. The Hall–Kier alpha value is -0.960. The molecule has 0 spiro atoms. The summed E-state index contributed by atoms with van der Waals surface area (Å²) in [5, 5.41) is 2.96. The molecule has 0 saturated carbocycles. The van der Waals surface area contributed by atoms with Crippen molar-refractivity contribution in [3.05, 3.63) is 23.8 Å². The number of nitrogens with one attached hydrogen (secondary N) is 1. The summed E-state index contributed by atoms with van der Waals surface area (Å²) in [6, 6.07) is 6.35. The van der Waals surface area contributed by atoms with Crippen molar-refractivity contribution in [2.75, 3.05) is 11.1 Å². The molecular formula is C12H15NOS. The van der Waals surface area contributed by atoms with Crippen LogP contribution in [0.15, 0.2) is 23.1 Å². The fraction of sp³-hybridized carbons (Fsp3) is 0.417. The average Bonchev–Trinajstić information content (AvgIpc) is 2.37. The van der Waals surface area contributed by atoms with E-state index in [9.17, 15) is 4.79 Å². The zero-order valence-electron chi connectivity index (χ0n) is 9.04. The lowest BCUT2D eigenvalue weighted by Gasteiger charge is -2.10. The Labute approximate surface area is 94.4 Å². The van der Waals surface area contributed by atoms with Crippen molar-refractivity contribution in [3.8, 4) is 0 Å². The lowest BCUT2D eigenvalue weighted by molar-refractivity contribution is -0.115. The van der Waals surface area contributed by atoms with Gasteiger partial charge in [0.1, 0.15) is 0 Å². The minimum atomic E-state index is 0.127. The summed E-state index contributed by atoms with van der Waals surface area (Å²) < 4.78 is 0. The predicted molar refractivity (Wildman–Crippen MR) is 64.5 cm³/mol. The lowest BCUT2D eigenvalue weighted by Crippen LogP contribution is -2.10. The van der Waals surface area contributed by atoms with E-state index in [0.717, 1.165) is 11.4 Å². The van der Waals surface area contributed by atoms with Gasteiger partial charge in [-0.15, -0.1) is 11.8 Å². The first-order chi connectivity index (χ1) is 7.16. The van der Waals surface area contributed by atoms with Gasteiger partial charge in [0.25, 0.3) is 0 Å². The van der Waals surface area contributed by atoms with E-state index in [1.54, 1.807) is 11.8 Å². The van der Waals surface area contributed by atoms with Crippen LogP contribution in [0, 0.1) is 0 Å². The highest BCUT2D eigenvalue weighted by Crippen LogP contribution is 2.33. The van der Waals surface area contributed by atoms with Crippen LogP contribution in [0.25, 0.3) is 0 Å². The second-order valence-electron chi connectivity index (χ2n) is 4.06. The second kappa shape index (κ2) is 4.27. The molecule has 1 aliphatic rings. The summed E-state index contributed by atoms with van der Waals surface area (Å²) in [5.41, 5.74) is 2.25. The summed E-state index contributed by atoms with van der Waals surface area (Å²) in [6.45, 7) is 4.32. The maximum Gasteiger partial charge on any atom is 0.225 e. The van der Waals surface area contributed by atoms with E-state index in [2.05, 4.69) is 37.4 Å². The number of carbonyl (C=O) groups excluding carboxylic acids is 1. The second-order valence-corrected chi connectivity index (χ2v) is 5.19. The fourth-order valence-corrected chi connectivity index (χ4v) is 2.53. The van der Waals surface area contributed by atoms with Crippen molar-refractivity contribution in [2.24, 2.45) is 0 Å². The van der Waals surface area contributed by atoms with Gasteiger partial charge >= 0.3 is 0 Å². The smallest absolute Gasteiger partial charge is 0.225 e. The van der Waals surface area contributed by atoms with Gasteiger partial charge in [-0.3, -0.25) is 4.79 Å². The van der Waals surface area contributed by atoms with Crippen molar-refractivity contribution in [1.82, 2.24) is 0 Å². The van der Waals surface area contributed by atoms with Crippen LogP contribution in [-0.2, 0) is 4.79 Å². The van der Waals surface area contributed by atoms with Crippen LogP contribution in [0.1, 0.15) is 31.7 Å². The number of rotatable bonds is 1. The van der Waals surface area contributed by atoms with Crippen molar-refractivity contribution in [3.63, 3.8) is 0 Å². The quantitative estimate of drug-likeness (QED) is 0.788. The third-order valence-electron chi connectivity index (χ3n) is 2.53. The van der Waals surface area contributed by atoms with E-state index < -0.39 is 0 Å². The third-order valence-corrected chi connectivity index (χ3v) is 3.61. The van der Waals surface area contributed by atoms with Gasteiger partial charge in [-0.05, 0) is 23.6 Å². The van der Waals surface area contributed by atoms with Gasteiger partial charge in [-0.1, -0.05) is 19.9 Å². The molecule has 1 amide bonds. The van der Waals surface area contributed by atoms with Gasteiger partial charge in [-0.25, -0.2) is 0 Å². The van der Waals surface area contributed by atoms with Crippen LogP contribution < -0.4 is 5.32 Å². The van der Waals surface area contributed by atoms with E-state index in [-0.39, 0.29) is 5.91 Å². The number of hydrogen-bond acceptors (Lipinski definition) is 2. The number of thioether (sulfide) groups is 1. The Kier molecular flexibility index (Phi) is 3.00. The van der Waals surface area contributed by atoms with Crippen LogP contribution >= 0.6 is 11.8 Å². The number of amides is 1. The number of hydrogen-bond donors (Lipinski definition) is 1. The number of anilines is 1. The van der Waals surface area contributed by atoms with Crippen LogP contribution in [0.5, 0.6) is 0 Å². The van der Waals surface area contributed by atoms with Crippen molar-refractivity contribution in [2.45, 2.75) is 31.1 Å². The lowest BCUT2D eigenvalue weighted by atomic mass is 10.0. The largest absolute Gasteiger partial charge is 0.325 e. The molecule has 1 aromatic carbocycles. The summed E-state index contributed by atoms with van der Waals surface area (Å²) in [6.07, 6.45) is 0.607. The fourth-order valence-electron chi connectivity index (χ4n) is 1.60. The Morgan fingerprint density at radius 2 is 2.20 bits per heavy atom. The molecule has 1 aliphatic heterocycles. The summed E-state index contributed by atoms with van der Waals surface area (Å²) >= 11 is 1.75. The first kappa shape index (κ1) is 10.6. The molecule has 0 aliphatic carbocycles. The van der Waals surface area contributed by atoms with Crippen LogP contribution in [-0.4, -0.2) is 11.7 Å². The molecule has 0 unspecified atom stereocenters. The highest BCUT2D eigenvalue weighted by atomic mass is 32.2. The zero-order valence-corrected chi connectivity index (χ0v) is 9.86. The van der Waals surface area contributed by atoms with E-state index in [1.165, 1.54) is 10.5 Å². The molecule has 2 nitrogen and oxygen atoms in total. The normalized spacial score (nSPS) is 15.8. The van der Waals surface area contributed by atoms with Crippen LogP contribution in [0.2, 0.25) is 0 Å². The standard InChI is InChI=1S/C12H15NOS/c1-8(2)9-3-4-11-10(7-9)13-12(14)5-6-15-11/h3-4,7-8H,5-6H2,1-2H3,(H,13,14). The molecule has 0 fully saturated rings. The first-order valence-corrected chi connectivity index (χ1v) is 6.22.